The molecule has 0 N–H and O–H groups in total. The number of rotatable bonds is 3. The highest BCUT2D eigenvalue weighted by Gasteiger charge is 2.16. The second kappa shape index (κ2) is 7.20. The molecular weight excluding hydrogens is 328 g/mol. The van der Waals surface area contributed by atoms with Gasteiger partial charge in [0, 0.05) is 11.1 Å². The molecule has 1 unspecified atom stereocenters. The van der Waals surface area contributed by atoms with Crippen LogP contribution in [0.5, 0.6) is 0 Å². The first kappa shape index (κ1) is 16.0. The number of aromatic nitrogens is 2. The van der Waals surface area contributed by atoms with Gasteiger partial charge in [-0.25, -0.2) is 9.97 Å². The second-order valence-corrected chi connectivity index (χ2v) is 6.82. The van der Waals surface area contributed by atoms with Crippen LogP contribution in [0.3, 0.4) is 0 Å². The summed E-state index contributed by atoms with van der Waals surface area (Å²) in [5, 5.41) is 0.0207. The van der Waals surface area contributed by atoms with E-state index in [0.29, 0.717) is 0 Å². The van der Waals surface area contributed by atoms with Crippen molar-refractivity contribution in [2.75, 3.05) is 0 Å². The lowest BCUT2D eigenvalue weighted by atomic mass is 9.99. The quantitative estimate of drug-likeness (QED) is 0.653. The van der Waals surface area contributed by atoms with Gasteiger partial charge in [0.2, 0.25) is 0 Å². The van der Waals surface area contributed by atoms with Crippen molar-refractivity contribution in [3.63, 3.8) is 0 Å². The molecule has 2 nitrogen and oxygen atoms in total. The number of alkyl halides is 1. The molecule has 0 radical (unpaired) electrons. The second-order valence-electron chi connectivity index (χ2n) is 6.26. The Balaban J connectivity index is 1.83. The summed E-state index contributed by atoms with van der Waals surface area (Å²) < 4.78 is 0. The first-order chi connectivity index (χ1) is 12.3. The van der Waals surface area contributed by atoms with Gasteiger partial charge in [0.25, 0.3) is 0 Å². The molecule has 2 aliphatic carbocycles. The number of allylic oxidation sites excluding steroid dienone is 8. The summed E-state index contributed by atoms with van der Waals surface area (Å²) >= 11 is 6.31. The SMILES string of the molecule is ClC1C=CC=C(c2cc(-c3ccccc3)nc(C3=CCCC=C3)n2)C1. The topological polar surface area (TPSA) is 25.8 Å². The first-order valence-corrected chi connectivity index (χ1v) is 9.06. The summed E-state index contributed by atoms with van der Waals surface area (Å²) in [7, 11) is 0. The van der Waals surface area contributed by atoms with Crippen molar-refractivity contribution in [1.29, 1.82) is 0 Å². The van der Waals surface area contributed by atoms with Crippen LogP contribution in [-0.4, -0.2) is 15.3 Å². The third kappa shape index (κ3) is 3.64. The highest BCUT2D eigenvalue weighted by Crippen LogP contribution is 2.30. The van der Waals surface area contributed by atoms with Crippen LogP contribution in [0, 0.1) is 0 Å². The molecule has 1 atom stereocenters. The zero-order chi connectivity index (χ0) is 17.1. The van der Waals surface area contributed by atoms with Crippen molar-refractivity contribution in [3.8, 4) is 11.3 Å². The van der Waals surface area contributed by atoms with Crippen LogP contribution in [0.25, 0.3) is 22.4 Å². The molecule has 1 aromatic heterocycles. The van der Waals surface area contributed by atoms with Crippen molar-refractivity contribution in [2.45, 2.75) is 24.6 Å². The lowest BCUT2D eigenvalue weighted by Crippen LogP contribution is -2.05. The van der Waals surface area contributed by atoms with Gasteiger partial charge in [0.1, 0.15) is 0 Å². The molecule has 0 amide bonds. The minimum absolute atomic E-state index is 0.0207. The highest BCUT2D eigenvalue weighted by atomic mass is 35.5. The lowest BCUT2D eigenvalue weighted by Gasteiger charge is -2.15. The van der Waals surface area contributed by atoms with Crippen LogP contribution >= 0.6 is 11.6 Å². The fraction of sp³-hybridized carbons (Fsp3) is 0.182. The number of halogens is 1. The standard InChI is InChI=1S/C22H19ClN2/c23-19-13-7-12-18(14-19)21-15-20(16-8-3-1-4-9-16)24-22(25-21)17-10-5-2-6-11-17/h1,3-5,7-13,15,19H,2,6,14H2. The Labute approximate surface area is 153 Å². The van der Waals surface area contributed by atoms with Crippen LogP contribution in [0.1, 0.15) is 30.8 Å². The summed E-state index contributed by atoms with van der Waals surface area (Å²) in [6.07, 6.45) is 15.6. The lowest BCUT2D eigenvalue weighted by molar-refractivity contribution is 1.01. The Morgan fingerprint density at radius 2 is 1.84 bits per heavy atom. The smallest absolute Gasteiger partial charge is 0.160 e. The van der Waals surface area contributed by atoms with E-state index >= 15 is 0 Å². The van der Waals surface area contributed by atoms with Gasteiger partial charge in [-0.05, 0) is 30.9 Å². The van der Waals surface area contributed by atoms with Crippen molar-refractivity contribution >= 4 is 22.7 Å². The maximum Gasteiger partial charge on any atom is 0.160 e. The Morgan fingerprint density at radius 3 is 2.60 bits per heavy atom. The molecule has 2 aromatic rings. The normalized spacial score (nSPS) is 19.5. The van der Waals surface area contributed by atoms with Crippen molar-refractivity contribution in [1.82, 2.24) is 9.97 Å². The molecule has 25 heavy (non-hydrogen) atoms. The summed E-state index contributed by atoms with van der Waals surface area (Å²) in [4.78, 5) is 9.68. The molecule has 0 saturated carbocycles. The number of hydrogen-bond donors (Lipinski definition) is 0. The summed E-state index contributed by atoms with van der Waals surface area (Å²) in [5.74, 6) is 0.786. The van der Waals surface area contributed by atoms with Crippen molar-refractivity contribution in [3.05, 3.63) is 84.4 Å². The molecule has 4 rings (SSSR count). The third-order valence-corrected chi connectivity index (χ3v) is 4.71. The monoisotopic (exact) mass is 346 g/mol. The maximum atomic E-state index is 6.31. The van der Waals surface area contributed by atoms with Crippen LogP contribution < -0.4 is 0 Å². The zero-order valence-corrected chi connectivity index (χ0v) is 14.7. The molecular formula is C22H19ClN2. The Hall–Kier alpha value is -2.45. The van der Waals surface area contributed by atoms with Gasteiger partial charge < -0.3 is 0 Å². The molecule has 3 heteroatoms. The van der Waals surface area contributed by atoms with E-state index in [2.05, 4.69) is 42.5 Å². The van der Waals surface area contributed by atoms with Gasteiger partial charge in [-0.3, -0.25) is 0 Å². The summed E-state index contributed by atoms with van der Waals surface area (Å²) in [6, 6.07) is 12.3. The summed E-state index contributed by atoms with van der Waals surface area (Å²) in [5.41, 5.74) is 5.26. The van der Waals surface area contributed by atoms with E-state index in [-0.39, 0.29) is 5.38 Å². The van der Waals surface area contributed by atoms with E-state index in [1.165, 1.54) is 0 Å². The molecule has 0 bridgehead atoms. The average molecular weight is 347 g/mol. The van der Waals surface area contributed by atoms with E-state index < -0.39 is 0 Å². The maximum absolute atomic E-state index is 6.31. The molecule has 0 fully saturated rings. The van der Waals surface area contributed by atoms with E-state index in [1.807, 2.05) is 30.4 Å². The Kier molecular flexibility index (Phi) is 4.62. The van der Waals surface area contributed by atoms with Gasteiger partial charge in [0.15, 0.2) is 5.82 Å². The molecule has 124 valence electrons. The van der Waals surface area contributed by atoms with Crippen molar-refractivity contribution < 1.29 is 0 Å². The largest absolute Gasteiger partial charge is 0.228 e. The van der Waals surface area contributed by atoms with Crippen LogP contribution in [-0.2, 0) is 0 Å². The number of benzene rings is 1. The fourth-order valence-electron chi connectivity index (χ4n) is 3.11. The van der Waals surface area contributed by atoms with E-state index in [4.69, 9.17) is 21.6 Å². The number of hydrogen-bond acceptors (Lipinski definition) is 2. The first-order valence-electron chi connectivity index (χ1n) is 8.63. The van der Waals surface area contributed by atoms with E-state index in [9.17, 15) is 0 Å². The minimum atomic E-state index is 0.0207. The molecule has 1 heterocycles. The predicted molar refractivity (Wildman–Crippen MR) is 105 cm³/mol. The van der Waals surface area contributed by atoms with Gasteiger partial charge in [-0.15, -0.1) is 11.6 Å². The van der Waals surface area contributed by atoms with Gasteiger partial charge in [0.05, 0.1) is 16.8 Å². The van der Waals surface area contributed by atoms with Gasteiger partial charge >= 0.3 is 0 Å². The Morgan fingerprint density at radius 1 is 1.00 bits per heavy atom. The van der Waals surface area contributed by atoms with E-state index in [1.54, 1.807) is 0 Å². The van der Waals surface area contributed by atoms with Crippen LogP contribution in [0.4, 0.5) is 0 Å². The molecule has 1 aromatic carbocycles. The predicted octanol–water partition coefficient (Wildman–Crippen LogP) is 5.83. The van der Waals surface area contributed by atoms with E-state index in [0.717, 1.165) is 53.2 Å². The third-order valence-electron chi connectivity index (χ3n) is 4.41. The van der Waals surface area contributed by atoms with Crippen molar-refractivity contribution in [2.24, 2.45) is 0 Å². The summed E-state index contributed by atoms with van der Waals surface area (Å²) in [6.45, 7) is 0. The molecule has 2 aliphatic rings. The highest BCUT2D eigenvalue weighted by molar-refractivity contribution is 6.22. The average Bonchev–Trinajstić information content (AvgIpc) is 2.69. The van der Waals surface area contributed by atoms with Gasteiger partial charge in [-0.2, -0.15) is 0 Å². The molecule has 0 saturated heterocycles. The molecule has 0 aliphatic heterocycles. The molecule has 0 spiro atoms. The number of nitrogens with zero attached hydrogens (tertiary/aromatic N) is 2. The zero-order valence-electron chi connectivity index (χ0n) is 13.9. The van der Waals surface area contributed by atoms with Crippen LogP contribution in [0.15, 0.2) is 72.9 Å². The van der Waals surface area contributed by atoms with Crippen LogP contribution in [0.2, 0.25) is 0 Å². The Bertz CT molecular complexity index is 891. The fourth-order valence-corrected chi connectivity index (χ4v) is 3.36. The minimum Gasteiger partial charge on any atom is -0.228 e. The van der Waals surface area contributed by atoms with Gasteiger partial charge in [-0.1, -0.05) is 66.8 Å².